The summed E-state index contributed by atoms with van der Waals surface area (Å²) in [7, 11) is 3.36. The van der Waals surface area contributed by atoms with E-state index in [1.807, 2.05) is 0 Å². The second kappa shape index (κ2) is 18.3. The Hall–Kier alpha value is -2.94. The van der Waals surface area contributed by atoms with Gasteiger partial charge in [-0.25, -0.2) is 0 Å². The van der Waals surface area contributed by atoms with E-state index in [9.17, 15) is 28.0 Å². The monoisotopic (exact) mass is 517 g/mol. The van der Waals surface area contributed by atoms with Crippen LogP contribution >= 0.6 is 0 Å². The van der Waals surface area contributed by atoms with Gasteiger partial charge in [-0.05, 0) is 57.9 Å². The first kappa shape index (κ1) is 33.1. The number of fused-ring (bicyclic) bond motifs is 1. The molecule has 3 unspecified atom stereocenters. The molecule has 0 spiro atoms. The molecule has 3 amide bonds. The fourth-order valence-corrected chi connectivity index (χ4v) is 4.00. The topological polar surface area (TPSA) is 131 Å². The van der Waals surface area contributed by atoms with Crippen LogP contribution < -0.4 is 16.0 Å². The Kier molecular flexibility index (Phi) is 16.8. The van der Waals surface area contributed by atoms with Crippen molar-refractivity contribution in [3.8, 4) is 6.07 Å². The average Bonchev–Trinajstić information content (AvgIpc) is 3.28. The molecule has 2 aliphatic rings. The maximum atomic E-state index is 13.1. The lowest BCUT2D eigenvalue weighted by Crippen LogP contribution is -2.53. The van der Waals surface area contributed by atoms with Crippen LogP contribution in [0, 0.1) is 17.2 Å². The van der Waals surface area contributed by atoms with E-state index in [1.54, 1.807) is 19.0 Å². The maximum absolute atomic E-state index is 13.1. The number of likely N-dealkylation sites (N-methyl/N-ethyl adjacent to an activating group) is 1. The fourth-order valence-electron chi connectivity index (χ4n) is 4.00. The highest BCUT2D eigenvalue weighted by molar-refractivity contribution is 5.90. The molecule has 1 saturated heterocycles. The van der Waals surface area contributed by atoms with Gasteiger partial charge in [-0.15, -0.1) is 0 Å². The standard InChI is InChI=1S/C20H32N4O2.C2HF3O.C2H5NO/c1-3-9-15-12-18-19(25)23-16(13-21)10-7-5-4-6-8-11-17(22-2)20(26)24(18)14-15;3-2(4,5)1-6;1-3-2-4/h4,6,15-18,22H,3,5,7-12,14H2,1-2H3,(H,23,25);1H;2H,1H3,(H,3,4)/b6-4+;;/t15-,16?,17?,18?;;/m1../s1. The van der Waals surface area contributed by atoms with Crippen molar-refractivity contribution in [2.45, 2.75) is 82.6 Å². The van der Waals surface area contributed by atoms with Crippen LogP contribution in [0.2, 0.25) is 0 Å². The number of carbonyl (C=O) groups excluding carboxylic acids is 4. The van der Waals surface area contributed by atoms with E-state index in [1.165, 1.54) is 0 Å². The van der Waals surface area contributed by atoms with Crippen molar-refractivity contribution in [2.75, 3.05) is 20.6 Å². The zero-order valence-corrected chi connectivity index (χ0v) is 21.1. The quantitative estimate of drug-likeness (QED) is 0.387. The molecule has 4 atom stereocenters. The number of rotatable bonds is 4. The minimum atomic E-state index is -4.64. The molecule has 3 N–H and O–H groups in total. The molecule has 1 fully saturated rings. The Morgan fingerprint density at radius 2 is 1.81 bits per heavy atom. The number of nitrogens with zero attached hydrogens (tertiary/aromatic N) is 2. The van der Waals surface area contributed by atoms with Gasteiger partial charge in [0, 0.05) is 13.6 Å². The molecule has 12 heteroatoms. The summed E-state index contributed by atoms with van der Waals surface area (Å²) in [5, 5.41) is 17.6. The van der Waals surface area contributed by atoms with Gasteiger partial charge in [-0.2, -0.15) is 18.4 Å². The molecule has 2 rings (SSSR count). The summed E-state index contributed by atoms with van der Waals surface area (Å²) in [6.07, 6.45) is 5.87. The van der Waals surface area contributed by atoms with Gasteiger partial charge < -0.3 is 20.9 Å². The molecule has 0 aromatic carbocycles. The first-order valence-corrected chi connectivity index (χ1v) is 12.0. The van der Waals surface area contributed by atoms with Crippen LogP contribution in [0.15, 0.2) is 12.2 Å². The van der Waals surface area contributed by atoms with Crippen molar-refractivity contribution in [1.29, 1.82) is 5.26 Å². The maximum Gasteiger partial charge on any atom is 0.446 e. The van der Waals surface area contributed by atoms with Crippen molar-refractivity contribution in [1.82, 2.24) is 20.9 Å². The molecule has 0 aliphatic carbocycles. The predicted octanol–water partition coefficient (Wildman–Crippen LogP) is 2.23. The molecule has 2 aliphatic heterocycles. The SMILES string of the molecule is CCC[C@@H]1CC2C(=O)NC(C#N)CCC/C=C/CCC(NC)C(=O)N2C1.CNC=O.O=CC(F)(F)F. The van der Waals surface area contributed by atoms with E-state index < -0.39 is 24.5 Å². The van der Waals surface area contributed by atoms with Crippen LogP contribution in [0.25, 0.3) is 0 Å². The second-order valence-electron chi connectivity index (χ2n) is 8.47. The average molecular weight is 518 g/mol. The minimum Gasteiger partial charge on any atom is -0.362 e. The molecule has 36 heavy (non-hydrogen) atoms. The number of aldehydes is 1. The third kappa shape index (κ3) is 13.2. The number of hydrogen-bond donors (Lipinski definition) is 3. The molecule has 0 saturated carbocycles. The third-order valence-electron chi connectivity index (χ3n) is 5.69. The Morgan fingerprint density at radius 1 is 1.19 bits per heavy atom. The normalized spacial score (nSPS) is 25.8. The largest absolute Gasteiger partial charge is 0.446 e. The van der Waals surface area contributed by atoms with Crippen LogP contribution in [-0.2, 0) is 19.2 Å². The van der Waals surface area contributed by atoms with Gasteiger partial charge in [0.05, 0.1) is 12.1 Å². The van der Waals surface area contributed by atoms with E-state index in [2.05, 4.69) is 41.1 Å². The molecular formula is C24H38F3N5O4. The van der Waals surface area contributed by atoms with E-state index in [-0.39, 0.29) is 17.9 Å². The van der Waals surface area contributed by atoms with Crippen molar-refractivity contribution < 1.29 is 32.3 Å². The summed E-state index contributed by atoms with van der Waals surface area (Å²) in [6.45, 7) is 2.76. The van der Waals surface area contributed by atoms with Gasteiger partial charge >= 0.3 is 6.18 Å². The lowest BCUT2D eigenvalue weighted by molar-refractivity contribution is -0.156. The Bertz CT molecular complexity index is 755. The number of alkyl halides is 3. The molecule has 0 aromatic rings. The van der Waals surface area contributed by atoms with Crippen molar-refractivity contribution in [2.24, 2.45) is 5.92 Å². The number of halogens is 3. The summed E-state index contributed by atoms with van der Waals surface area (Å²) < 4.78 is 31.2. The molecule has 9 nitrogen and oxygen atoms in total. The van der Waals surface area contributed by atoms with Gasteiger partial charge in [0.25, 0.3) is 0 Å². The Morgan fingerprint density at radius 3 is 2.31 bits per heavy atom. The third-order valence-corrected chi connectivity index (χ3v) is 5.69. The summed E-state index contributed by atoms with van der Waals surface area (Å²) in [6, 6.07) is 0.977. The number of carbonyl (C=O) groups is 4. The zero-order chi connectivity index (χ0) is 27.6. The summed E-state index contributed by atoms with van der Waals surface area (Å²) in [4.78, 5) is 45.4. The Balaban J connectivity index is 0.00000104. The van der Waals surface area contributed by atoms with Crippen LogP contribution in [0.5, 0.6) is 0 Å². The fraction of sp³-hybridized carbons (Fsp3) is 0.708. The lowest BCUT2D eigenvalue weighted by Gasteiger charge is -2.28. The first-order chi connectivity index (χ1) is 17.1. The van der Waals surface area contributed by atoms with E-state index >= 15 is 0 Å². The van der Waals surface area contributed by atoms with E-state index in [4.69, 9.17) is 9.59 Å². The van der Waals surface area contributed by atoms with Crippen molar-refractivity contribution in [3.63, 3.8) is 0 Å². The number of nitrogens with one attached hydrogen (secondary N) is 3. The zero-order valence-electron chi connectivity index (χ0n) is 21.1. The minimum absolute atomic E-state index is 0.00483. The molecular weight excluding hydrogens is 479 g/mol. The summed E-state index contributed by atoms with van der Waals surface area (Å²) in [5.74, 6) is 0.185. The first-order valence-electron chi connectivity index (χ1n) is 12.0. The summed E-state index contributed by atoms with van der Waals surface area (Å²) in [5.41, 5.74) is 0. The van der Waals surface area contributed by atoms with E-state index in [0.29, 0.717) is 31.7 Å². The second-order valence-corrected chi connectivity index (χ2v) is 8.47. The van der Waals surface area contributed by atoms with Crippen molar-refractivity contribution >= 4 is 24.5 Å². The van der Waals surface area contributed by atoms with Crippen molar-refractivity contribution in [3.05, 3.63) is 12.2 Å². The highest BCUT2D eigenvalue weighted by atomic mass is 19.4. The lowest BCUT2D eigenvalue weighted by atomic mass is 10.00. The number of hydrogen-bond acceptors (Lipinski definition) is 6. The van der Waals surface area contributed by atoms with Gasteiger partial charge in [-0.1, -0.05) is 25.5 Å². The molecule has 0 aromatic heterocycles. The summed E-state index contributed by atoms with van der Waals surface area (Å²) >= 11 is 0. The smallest absolute Gasteiger partial charge is 0.362 e. The predicted molar refractivity (Wildman–Crippen MR) is 128 cm³/mol. The number of amides is 3. The number of nitriles is 1. The van der Waals surface area contributed by atoms with Crippen LogP contribution in [0.4, 0.5) is 13.2 Å². The van der Waals surface area contributed by atoms with Crippen LogP contribution in [0.3, 0.4) is 0 Å². The highest BCUT2D eigenvalue weighted by Gasteiger charge is 2.41. The van der Waals surface area contributed by atoms with Gasteiger partial charge in [0.15, 0.2) is 0 Å². The van der Waals surface area contributed by atoms with Crippen LogP contribution in [0.1, 0.15) is 58.3 Å². The molecule has 0 bridgehead atoms. The molecule has 2 heterocycles. The van der Waals surface area contributed by atoms with Gasteiger partial charge in [-0.3, -0.25) is 19.2 Å². The van der Waals surface area contributed by atoms with Gasteiger partial charge in [0.1, 0.15) is 12.1 Å². The highest BCUT2D eigenvalue weighted by Crippen LogP contribution is 2.28. The van der Waals surface area contributed by atoms with E-state index in [0.717, 1.165) is 38.5 Å². The Labute approximate surface area is 210 Å². The molecule has 204 valence electrons. The number of allylic oxidation sites excluding steroid dienone is 2. The van der Waals surface area contributed by atoms with Crippen LogP contribution in [-0.4, -0.2) is 74.4 Å². The van der Waals surface area contributed by atoms with Gasteiger partial charge in [0.2, 0.25) is 24.5 Å². The molecule has 0 radical (unpaired) electrons.